The number of ether oxygens (including phenoxy) is 3. The third kappa shape index (κ3) is 11.9. The maximum Gasteiger partial charge on any atom is 0.407 e. The highest BCUT2D eigenvalue weighted by Crippen LogP contribution is 2.02. The minimum atomic E-state index is -0.425. The second-order valence-electron chi connectivity index (χ2n) is 5.63. The average molecular weight is 337 g/mol. The van der Waals surface area contributed by atoms with E-state index in [-0.39, 0.29) is 6.61 Å². The van der Waals surface area contributed by atoms with Gasteiger partial charge in [0.25, 0.3) is 0 Å². The molecule has 1 aromatic carbocycles. The average Bonchev–Trinajstić information content (AvgIpc) is 2.62. The molecule has 0 aliphatic heterocycles. The topological polar surface area (TPSA) is 56.8 Å². The van der Waals surface area contributed by atoms with Gasteiger partial charge in [0.2, 0.25) is 0 Å². The molecule has 0 aliphatic carbocycles. The fraction of sp³-hybridized carbons (Fsp3) is 0.632. The molecule has 1 aromatic rings. The van der Waals surface area contributed by atoms with Crippen molar-refractivity contribution in [1.82, 2.24) is 5.32 Å². The molecule has 0 aliphatic rings. The zero-order chi connectivity index (χ0) is 17.3. The van der Waals surface area contributed by atoms with Gasteiger partial charge in [-0.15, -0.1) is 0 Å². The lowest BCUT2D eigenvalue weighted by atomic mass is 10.2. The van der Waals surface area contributed by atoms with Gasteiger partial charge in [-0.2, -0.15) is 0 Å². The van der Waals surface area contributed by atoms with Gasteiger partial charge in [-0.25, -0.2) is 4.79 Å². The summed E-state index contributed by atoms with van der Waals surface area (Å²) in [6, 6.07) is 9.59. The Morgan fingerprint density at radius 2 is 1.62 bits per heavy atom. The first-order valence-corrected chi connectivity index (χ1v) is 8.93. The lowest BCUT2D eigenvalue weighted by Crippen LogP contribution is -2.28. The van der Waals surface area contributed by atoms with Crippen LogP contribution in [0.1, 0.15) is 44.6 Å². The monoisotopic (exact) mass is 337 g/mol. The summed E-state index contributed by atoms with van der Waals surface area (Å²) in [6.07, 6.45) is 5.80. The largest absolute Gasteiger partial charge is 0.445 e. The van der Waals surface area contributed by atoms with Crippen LogP contribution in [0.3, 0.4) is 0 Å². The fourth-order valence-electron chi connectivity index (χ4n) is 2.13. The van der Waals surface area contributed by atoms with Crippen LogP contribution in [-0.2, 0) is 20.8 Å². The van der Waals surface area contributed by atoms with Crippen LogP contribution in [0.4, 0.5) is 4.79 Å². The Hall–Kier alpha value is -1.59. The van der Waals surface area contributed by atoms with Crippen molar-refractivity contribution in [2.45, 2.75) is 45.6 Å². The predicted octanol–water partition coefficient (Wildman–Crippen LogP) is 3.92. The lowest BCUT2D eigenvalue weighted by Gasteiger charge is -2.08. The third-order valence-corrected chi connectivity index (χ3v) is 3.49. The molecule has 5 nitrogen and oxygen atoms in total. The number of hydrogen-bond acceptors (Lipinski definition) is 4. The van der Waals surface area contributed by atoms with Crippen LogP contribution in [0.25, 0.3) is 0 Å². The Kier molecular flexibility index (Phi) is 12.8. The van der Waals surface area contributed by atoms with Crippen LogP contribution < -0.4 is 5.32 Å². The third-order valence-electron chi connectivity index (χ3n) is 3.49. The number of hydrogen-bond donors (Lipinski definition) is 1. The Balaban J connectivity index is 1.82. The van der Waals surface area contributed by atoms with Gasteiger partial charge in [-0.3, -0.25) is 0 Å². The van der Waals surface area contributed by atoms with E-state index in [0.717, 1.165) is 18.6 Å². The standard InChI is InChI=1S/C19H31NO4/c1-2-3-4-5-9-13-22-15-16-23-14-12-20-19(21)24-17-18-10-7-6-8-11-18/h6-8,10-11H,2-5,9,12-17H2,1H3,(H,20,21). The number of rotatable bonds is 14. The number of nitrogens with one attached hydrogen (secondary N) is 1. The number of unbranched alkanes of at least 4 members (excludes halogenated alkanes) is 4. The molecule has 1 amide bonds. The lowest BCUT2D eigenvalue weighted by molar-refractivity contribution is 0.0467. The summed E-state index contributed by atoms with van der Waals surface area (Å²) in [5.74, 6) is 0. The molecule has 136 valence electrons. The quantitative estimate of drug-likeness (QED) is 0.523. The second kappa shape index (κ2) is 15.0. The molecular formula is C19H31NO4. The van der Waals surface area contributed by atoms with Crippen LogP contribution in [0.5, 0.6) is 0 Å². The van der Waals surface area contributed by atoms with Crippen LogP contribution in [-0.4, -0.2) is 39.1 Å². The van der Waals surface area contributed by atoms with Gasteiger partial charge in [0.1, 0.15) is 6.61 Å². The first-order valence-electron chi connectivity index (χ1n) is 8.93. The van der Waals surface area contributed by atoms with Crippen molar-refractivity contribution in [3.05, 3.63) is 35.9 Å². The van der Waals surface area contributed by atoms with Gasteiger partial charge in [0.15, 0.2) is 0 Å². The number of amides is 1. The minimum absolute atomic E-state index is 0.277. The highest BCUT2D eigenvalue weighted by atomic mass is 16.5. The maximum atomic E-state index is 11.5. The molecule has 0 fully saturated rings. The summed E-state index contributed by atoms with van der Waals surface area (Å²) in [5, 5.41) is 2.66. The van der Waals surface area contributed by atoms with E-state index in [2.05, 4.69) is 12.2 Å². The van der Waals surface area contributed by atoms with E-state index in [1.807, 2.05) is 30.3 Å². The number of carbonyl (C=O) groups is 1. The fourth-order valence-corrected chi connectivity index (χ4v) is 2.13. The molecule has 0 spiro atoms. The normalized spacial score (nSPS) is 10.5. The summed E-state index contributed by atoms with van der Waals surface area (Å²) in [7, 11) is 0. The van der Waals surface area contributed by atoms with Crippen LogP contribution in [0.2, 0.25) is 0 Å². The molecule has 5 heteroatoms. The first kappa shape index (κ1) is 20.5. The predicted molar refractivity (Wildman–Crippen MR) is 95.0 cm³/mol. The molecule has 0 radical (unpaired) electrons. The summed E-state index contributed by atoms with van der Waals surface area (Å²) in [4.78, 5) is 11.5. The zero-order valence-electron chi connectivity index (χ0n) is 14.8. The van der Waals surface area contributed by atoms with E-state index < -0.39 is 6.09 Å². The summed E-state index contributed by atoms with van der Waals surface area (Å²) < 4.78 is 16.0. The summed E-state index contributed by atoms with van der Waals surface area (Å²) in [5.41, 5.74) is 0.968. The van der Waals surface area contributed by atoms with Gasteiger partial charge in [-0.05, 0) is 12.0 Å². The molecule has 24 heavy (non-hydrogen) atoms. The molecule has 0 bridgehead atoms. The van der Waals surface area contributed by atoms with Crippen molar-refractivity contribution in [2.24, 2.45) is 0 Å². The molecule has 0 unspecified atom stereocenters. The van der Waals surface area contributed by atoms with Crippen molar-refractivity contribution in [3.63, 3.8) is 0 Å². The maximum absolute atomic E-state index is 11.5. The van der Waals surface area contributed by atoms with Crippen LogP contribution in [0, 0.1) is 0 Å². The van der Waals surface area contributed by atoms with Crippen molar-refractivity contribution < 1.29 is 19.0 Å². The number of alkyl carbamates (subject to hydrolysis) is 1. The van der Waals surface area contributed by atoms with E-state index in [1.54, 1.807) is 0 Å². The number of benzene rings is 1. The van der Waals surface area contributed by atoms with Crippen LogP contribution >= 0.6 is 0 Å². The molecule has 0 saturated heterocycles. The van der Waals surface area contributed by atoms with Crippen molar-refractivity contribution in [2.75, 3.05) is 33.0 Å². The summed E-state index contributed by atoms with van der Waals surface area (Å²) in [6.45, 7) is 5.34. The van der Waals surface area contributed by atoms with Gasteiger partial charge in [-0.1, -0.05) is 62.9 Å². The molecular weight excluding hydrogens is 306 g/mol. The highest BCUT2D eigenvalue weighted by Gasteiger charge is 2.01. The van der Waals surface area contributed by atoms with E-state index in [0.29, 0.717) is 26.4 Å². The Morgan fingerprint density at radius 1 is 0.917 bits per heavy atom. The summed E-state index contributed by atoms with van der Waals surface area (Å²) >= 11 is 0. The molecule has 0 heterocycles. The smallest absolute Gasteiger partial charge is 0.407 e. The van der Waals surface area contributed by atoms with Crippen LogP contribution in [0.15, 0.2) is 30.3 Å². The second-order valence-corrected chi connectivity index (χ2v) is 5.63. The SMILES string of the molecule is CCCCCCCOCCOCCNC(=O)OCc1ccccc1. The molecule has 0 atom stereocenters. The Morgan fingerprint density at radius 3 is 2.38 bits per heavy atom. The van der Waals surface area contributed by atoms with Gasteiger partial charge >= 0.3 is 6.09 Å². The first-order chi connectivity index (χ1) is 11.8. The highest BCUT2D eigenvalue weighted by molar-refractivity contribution is 5.67. The van der Waals surface area contributed by atoms with E-state index in [4.69, 9.17) is 14.2 Å². The molecule has 1 N–H and O–H groups in total. The Labute approximate surface area is 145 Å². The van der Waals surface area contributed by atoms with Crippen molar-refractivity contribution >= 4 is 6.09 Å². The number of carbonyl (C=O) groups excluding carboxylic acids is 1. The van der Waals surface area contributed by atoms with E-state index >= 15 is 0 Å². The molecule has 0 aromatic heterocycles. The van der Waals surface area contributed by atoms with E-state index in [9.17, 15) is 4.79 Å². The van der Waals surface area contributed by atoms with Gasteiger partial charge < -0.3 is 19.5 Å². The molecule has 1 rings (SSSR count). The van der Waals surface area contributed by atoms with Crippen molar-refractivity contribution in [3.8, 4) is 0 Å². The van der Waals surface area contributed by atoms with E-state index in [1.165, 1.54) is 25.7 Å². The zero-order valence-corrected chi connectivity index (χ0v) is 14.8. The Bertz CT molecular complexity index is 411. The van der Waals surface area contributed by atoms with Crippen molar-refractivity contribution in [1.29, 1.82) is 0 Å². The minimum Gasteiger partial charge on any atom is -0.445 e. The van der Waals surface area contributed by atoms with Gasteiger partial charge in [0.05, 0.1) is 19.8 Å². The molecule has 0 saturated carbocycles. The van der Waals surface area contributed by atoms with Gasteiger partial charge in [0, 0.05) is 13.2 Å².